The molecule has 0 aliphatic carbocycles. The van der Waals surface area contributed by atoms with Crippen LogP contribution in [0, 0.1) is 0 Å². The van der Waals surface area contributed by atoms with Gasteiger partial charge >= 0.3 is 6.36 Å². The van der Waals surface area contributed by atoms with Gasteiger partial charge in [0.2, 0.25) is 0 Å². The Morgan fingerprint density at radius 2 is 2.11 bits per heavy atom. The van der Waals surface area contributed by atoms with Crippen molar-refractivity contribution in [2.45, 2.75) is 6.36 Å². The van der Waals surface area contributed by atoms with Gasteiger partial charge < -0.3 is 10.1 Å². The number of halogens is 6. The number of hydrogen-bond acceptors (Lipinski definition) is 2. The van der Waals surface area contributed by atoms with Gasteiger partial charge in [-0.25, -0.2) is 0 Å². The normalized spacial score (nSPS) is 12.4. The summed E-state index contributed by atoms with van der Waals surface area (Å²) < 4.78 is 40.9. The van der Waals surface area contributed by atoms with Crippen molar-refractivity contribution in [2.24, 2.45) is 0 Å². The second-order valence-electron chi connectivity index (χ2n) is 3.10. The van der Waals surface area contributed by atoms with Gasteiger partial charge in [0.1, 0.15) is 0 Å². The highest BCUT2D eigenvalue weighted by Gasteiger charge is 2.32. The largest absolute Gasteiger partial charge is 0.573 e. The van der Waals surface area contributed by atoms with E-state index < -0.39 is 6.36 Å². The SMILES string of the molecule is FC(F)(F)Oc1cc(Br)ccc1NC/C(Cl)=C/Cl. The zero-order valence-electron chi connectivity index (χ0n) is 8.69. The van der Waals surface area contributed by atoms with Gasteiger partial charge in [-0.1, -0.05) is 39.1 Å². The second-order valence-corrected chi connectivity index (χ2v) is 4.72. The zero-order valence-corrected chi connectivity index (χ0v) is 11.8. The van der Waals surface area contributed by atoms with Crippen LogP contribution in [0.5, 0.6) is 5.75 Å². The van der Waals surface area contributed by atoms with Crippen molar-refractivity contribution in [1.29, 1.82) is 0 Å². The first-order valence-electron chi connectivity index (χ1n) is 4.56. The van der Waals surface area contributed by atoms with Crippen molar-refractivity contribution in [3.8, 4) is 5.75 Å². The molecule has 100 valence electrons. The molecule has 0 atom stereocenters. The van der Waals surface area contributed by atoms with Gasteiger partial charge in [-0.2, -0.15) is 0 Å². The minimum atomic E-state index is -4.76. The van der Waals surface area contributed by atoms with Crippen LogP contribution in [0.1, 0.15) is 0 Å². The van der Waals surface area contributed by atoms with Crippen LogP contribution in [0.2, 0.25) is 0 Å². The lowest BCUT2D eigenvalue weighted by Gasteiger charge is -2.14. The Morgan fingerprint density at radius 3 is 2.67 bits per heavy atom. The first-order chi connectivity index (χ1) is 8.31. The lowest BCUT2D eigenvalue weighted by molar-refractivity contribution is -0.274. The van der Waals surface area contributed by atoms with Gasteiger partial charge in [-0.05, 0) is 18.2 Å². The molecule has 0 aliphatic heterocycles. The van der Waals surface area contributed by atoms with Crippen molar-refractivity contribution in [2.75, 3.05) is 11.9 Å². The number of rotatable bonds is 4. The molecular formula is C10H7BrCl2F3NO. The van der Waals surface area contributed by atoms with Crippen molar-refractivity contribution < 1.29 is 17.9 Å². The minimum Gasteiger partial charge on any atom is -0.404 e. The molecule has 0 bridgehead atoms. The monoisotopic (exact) mass is 363 g/mol. The van der Waals surface area contributed by atoms with E-state index in [0.717, 1.165) is 5.54 Å². The molecule has 0 heterocycles. The van der Waals surface area contributed by atoms with Crippen molar-refractivity contribution in [3.05, 3.63) is 33.2 Å². The zero-order chi connectivity index (χ0) is 13.8. The molecule has 0 fully saturated rings. The molecule has 0 unspecified atom stereocenters. The van der Waals surface area contributed by atoms with Crippen LogP contribution in [0.3, 0.4) is 0 Å². The molecule has 0 saturated carbocycles. The Labute approximate surface area is 120 Å². The van der Waals surface area contributed by atoms with Crippen LogP contribution in [-0.4, -0.2) is 12.9 Å². The summed E-state index contributed by atoms with van der Waals surface area (Å²) >= 11 is 14.0. The Balaban J connectivity index is 2.89. The summed E-state index contributed by atoms with van der Waals surface area (Å²) in [6.07, 6.45) is -4.76. The number of hydrogen-bond donors (Lipinski definition) is 1. The molecule has 0 aromatic heterocycles. The average Bonchev–Trinajstić information content (AvgIpc) is 2.25. The second kappa shape index (κ2) is 6.54. The topological polar surface area (TPSA) is 21.3 Å². The molecule has 2 nitrogen and oxygen atoms in total. The summed E-state index contributed by atoms with van der Waals surface area (Å²) in [4.78, 5) is 0. The molecule has 0 spiro atoms. The van der Waals surface area contributed by atoms with Crippen molar-refractivity contribution >= 4 is 44.8 Å². The van der Waals surface area contributed by atoms with Crippen LogP contribution in [0.4, 0.5) is 18.9 Å². The van der Waals surface area contributed by atoms with E-state index in [4.69, 9.17) is 23.2 Å². The van der Waals surface area contributed by atoms with E-state index in [0.29, 0.717) is 4.47 Å². The Morgan fingerprint density at radius 1 is 1.44 bits per heavy atom. The maximum absolute atomic E-state index is 12.2. The van der Waals surface area contributed by atoms with Gasteiger partial charge in [0.05, 0.1) is 12.2 Å². The molecular weight excluding hydrogens is 358 g/mol. The summed E-state index contributed by atoms with van der Waals surface area (Å²) in [6.45, 7) is 0.0981. The van der Waals surface area contributed by atoms with E-state index in [9.17, 15) is 13.2 Å². The third kappa shape index (κ3) is 5.37. The highest BCUT2D eigenvalue weighted by atomic mass is 79.9. The van der Waals surface area contributed by atoms with E-state index in [2.05, 4.69) is 26.0 Å². The molecule has 1 aromatic carbocycles. The molecule has 1 N–H and O–H groups in total. The van der Waals surface area contributed by atoms with Gasteiger partial charge in [-0.3, -0.25) is 0 Å². The fourth-order valence-electron chi connectivity index (χ4n) is 1.07. The number of ether oxygens (including phenoxy) is 1. The number of benzene rings is 1. The van der Waals surface area contributed by atoms with E-state index in [1.165, 1.54) is 12.1 Å². The van der Waals surface area contributed by atoms with E-state index in [1.807, 2.05) is 0 Å². The predicted octanol–water partition coefficient (Wildman–Crippen LogP) is 5.08. The molecule has 1 rings (SSSR count). The fraction of sp³-hybridized carbons (Fsp3) is 0.200. The van der Waals surface area contributed by atoms with Crippen LogP contribution in [0.15, 0.2) is 33.2 Å². The highest BCUT2D eigenvalue weighted by molar-refractivity contribution is 9.10. The van der Waals surface area contributed by atoms with Crippen molar-refractivity contribution in [3.63, 3.8) is 0 Å². The first-order valence-corrected chi connectivity index (χ1v) is 6.16. The van der Waals surface area contributed by atoms with Gasteiger partial charge in [0.15, 0.2) is 5.75 Å². The van der Waals surface area contributed by atoms with Gasteiger partial charge in [-0.15, -0.1) is 13.2 Å². The average molecular weight is 365 g/mol. The first kappa shape index (κ1) is 15.5. The van der Waals surface area contributed by atoms with Crippen LogP contribution >= 0.6 is 39.1 Å². The summed E-state index contributed by atoms with van der Waals surface area (Å²) in [7, 11) is 0. The molecule has 0 radical (unpaired) electrons. The molecule has 18 heavy (non-hydrogen) atoms. The van der Waals surface area contributed by atoms with E-state index in [-0.39, 0.29) is 23.0 Å². The van der Waals surface area contributed by atoms with Crippen LogP contribution < -0.4 is 10.1 Å². The molecule has 0 amide bonds. The molecule has 8 heteroatoms. The third-order valence-corrected chi connectivity index (χ3v) is 2.85. The fourth-order valence-corrected chi connectivity index (χ4v) is 1.55. The number of nitrogens with one attached hydrogen (secondary N) is 1. The Hall–Kier alpha value is -0.590. The highest BCUT2D eigenvalue weighted by Crippen LogP contribution is 2.33. The standard InChI is InChI=1S/C10H7BrCl2F3NO/c11-6-1-2-8(17-5-7(13)4-12)9(3-6)18-10(14,15)16/h1-4,17H,5H2/b7-4-. The van der Waals surface area contributed by atoms with E-state index >= 15 is 0 Å². The third-order valence-electron chi connectivity index (χ3n) is 1.74. The quantitative estimate of drug-likeness (QED) is 0.804. The summed E-state index contributed by atoms with van der Waals surface area (Å²) in [5, 5.41) is 2.94. The van der Waals surface area contributed by atoms with Gasteiger partial charge in [0, 0.05) is 15.0 Å². The number of anilines is 1. The smallest absolute Gasteiger partial charge is 0.404 e. The predicted molar refractivity (Wildman–Crippen MR) is 69.1 cm³/mol. The lowest BCUT2D eigenvalue weighted by atomic mass is 10.3. The van der Waals surface area contributed by atoms with Crippen LogP contribution in [0.25, 0.3) is 0 Å². The summed E-state index contributed by atoms with van der Waals surface area (Å²) in [6, 6.07) is 4.21. The molecule has 1 aromatic rings. The van der Waals surface area contributed by atoms with E-state index in [1.54, 1.807) is 6.07 Å². The maximum Gasteiger partial charge on any atom is 0.573 e. The van der Waals surface area contributed by atoms with Crippen LogP contribution in [-0.2, 0) is 0 Å². The summed E-state index contributed by atoms with van der Waals surface area (Å²) in [5.74, 6) is -0.351. The number of alkyl halides is 3. The Bertz CT molecular complexity index is 451. The van der Waals surface area contributed by atoms with Crippen molar-refractivity contribution in [1.82, 2.24) is 0 Å². The molecule has 0 aliphatic rings. The minimum absolute atomic E-state index is 0.0981. The lowest BCUT2D eigenvalue weighted by Crippen LogP contribution is -2.18. The summed E-state index contributed by atoms with van der Waals surface area (Å²) in [5.41, 5.74) is 1.28. The van der Waals surface area contributed by atoms with Gasteiger partial charge in [0.25, 0.3) is 0 Å². The molecule has 0 saturated heterocycles. The maximum atomic E-state index is 12.2. The Kier molecular flexibility index (Phi) is 5.62.